The maximum absolute atomic E-state index is 12.1. The maximum Gasteiger partial charge on any atom is 0.409 e. The van der Waals surface area contributed by atoms with Crippen LogP contribution in [0.15, 0.2) is 65.7 Å². The highest BCUT2D eigenvalue weighted by Gasteiger charge is 2.21. The fourth-order valence-corrected chi connectivity index (χ4v) is 2.30. The summed E-state index contributed by atoms with van der Waals surface area (Å²) in [4.78, 5) is 4.04. The number of halogens is 3. The summed E-state index contributed by atoms with van der Waals surface area (Å²) in [5, 5.41) is 12.2. The molecule has 25 heavy (non-hydrogen) atoms. The highest BCUT2D eigenvalue weighted by molar-refractivity contribution is 6.01. The van der Waals surface area contributed by atoms with E-state index in [9.17, 15) is 18.4 Å². The number of rotatable bonds is 4. The molecule has 0 unspecified atom stereocenters. The molecule has 6 heteroatoms. The Kier molecular flexibility index (Phi) is 5.96. The zero-order valence-corrected chi connectivity index (χ0v) is 13.5. The molecule has 0 aromatic heterocycles. The van der Waals surface area contributed by atoms with Crippen molar-refractivity contribution in [2.45, 2.75) is 6.18 Å². The Labute approximate surface area is 144 Å². The van der Waals surface area contributed by atoms with E-state index in [0.717, 1.165) is 17.2 Å². The molecule has 0 saturated carbocycles. The van der Waals surface area contributed by atoms with Crippen LogP contribution in [0, 0.1) is 11.3 Å². The van der Waals surface area contributed by atoms with E-state index in [1.54, 1.807) is 12.1 Å². The minimum atomic E-state index is -4.35. The second-order valence-corrected chi connectivity index (χ2v) is 5.14. The molecule has 1 N–H and O–H groups in total. The van der Waals surface area contributed by atoms with Crippen LogP contribution in [0.4, 0.5) is 13.2 Å². The van der Waals surface area contributed by atoms with Crippen molar-refractivity contribution in [1.29, 1.82) is 5.26 Å². The van der Waals surface area contributed by atoms with E-state index in [0.29, 0.717) is 17.0 Å². The SMILES string of the molecule is CN=C(NC/C=C/C(F)(F)F)c1ccc(-c2ccccc2)cc1C#N. The summed E-state index contributed by atoms with van der Waals surface area (Å²) in [5.74, 6) is 0.364. The standard InChI is InChI=1S/C19H16F3N3/c1-24-18(25-11-5-10-19(20,21)22)17-9-8-15(12-16(17)13-23)14-6-3-2-4-7-14/h2-10,12H,11H2,1H3,(H,24,25)/b10-5+. The van der Waals surface area contributed by atoms with E-state index in [-0.39, 0.29) is 12.6 Å². The largest absolute Gasteiger partial charge is 0.409 e. The molecule has 2 aromatic rings. The molecule has 0 saturated heterocycles. The Hall–Kier alpha value is -3.07. The lowest BCUT2D eigenvalue weighted by Gasteiger charge is -2.11. The normalized spacial score (nSPS) is 12.2. The van der Waals surface area contributed by atoms with Crippen LogP contribution in [0.1, 0.15) is 11.1 Å². The molecular weight excluding hydrogens is 327 g/mol. The average Bonchev–Trinajstić information content (AvgIpc) is 2.61. The van der Waals surface area contributed by atoms with Crippen LogP contribution in [-0.4, -0.2) is 25.6 Å². The van der Waals surface area contributed by atoms with Crippen LogP contribution in [0.2, 0.25) is 0 Å². The molecule has 0 amide bonds. The van der Waals surface area contributed by atoms with Crippen LogP contribution in [0.3, 0.4) is 0 Å². The van der Waals surface area contributed by atoms with E-state index in [2.05, 4.69) is 16.4 Å². The van der Waals surface area contributed by atoms with Gasteiger partial charge in [-0.15, -0.1) is 0 Å². The number of nitriles is 1. The first-order valence-corrected chi connectivity index (χ1v) is 7.49. The van der Waals surface area contributed by atoms with Crippen LogP contribution >= 0.6 is 0 Å². The average molecular weight is 343 g/mol. The van der Waals surface area contributed by atoms with Crippen molar-refractivity contribution in [2.75, 3.05) is 13.6 Å². The van der Waals surface area contributed by atoms with Crippen molar-refractivity contribution >= 4 is 5.84 Å². The molecule has 0 aliphatic rings. The van der Waals surface area contributed by atoms with Gasteiger partial charge in [-0.3, -0.25) is 4.99 Å². The van der Waals surface area contributed by atoms with Crippen molar-refractivity contribution in [3.63, 3.8) is 0 Å². The second-order valence-electron chi connectivity index (χ2n) is 5.14. The maximum atomic E-state index is 12.1. The third kappa shape index (κ3) is 5.21. The zero-order valence-electron chi connectivity index (χ0n) is 13.5. The van der Waals surface area contributed by atoms with Crippen LogP contribution < -0.4 is 5.32 Å². The number of hydrogen-bond donors (Lipinski definition) is 1. The van der Waals surface area contributed by atoms with Gasteiger partial charge in [-0.05, 0) is 23.3 Å². The number of benzene rings is 2. The number of aliphatic imine (C=N–C) groups is 1. The molecule has 0 aliphatic carbocycles. The quantitative estimate of drug-likeness (QED) is 0.511. The molecule has 0 atom stereocenters. The number of alkyl halides is 3. The minimum absolute atomic E-state index is 0.0442. The molecular formula is C19H16F3N3. The van der Waals surface area contributed by atoms with Gasteiger partial charge in [0.15, 0.2) is 0 Å². The first-order chi connectivity index (χ1) is 11.9. The van der Waals surface area contributed by atoms with Crippen LogP contribution in [0.5, 0.6) is 0 Å². The van der Waals surface area contributed by atoms with E-state index in [1.807, 2.05) is 36.4 Å². The highest BCUT2D eigenvalue weighted by atomic mass is 19.4. The van der Waals surface area contributed by atoms with Crippen molar-refractivity contribution in [3.05, 3.63) is 71.8 Å². The van der Waals surface area contributed by atoms with E-state index < -0.39 is 6.18 Å². The van der Waals surface area contributed by atoms with Gasteiger partial charge in [0.25, 0.3) is 0 Å². The third-order valence-electron chi connectivity index (χ3n) is 3.42. The number of hydrogen-bond acceptors (Lipinski definition) is 2. The second kappa shape index (κ2) is 8.15. The Balaban J connectivity index is 2.23. The molecule has 2 rings (SSSR count). The summed E-state index contributed by atoms with van der Waals surface area (Å²) in [5.41, 5.74) is 2.80. The lowest BCUT2D eigenvalue weighted by molar-refractivity contribution is -0.0799. The molecule has 0 heterocycles. The number of amidine groups is 1. The fourth-order valence-electron chi connectivity index (χ4n) is 2.30. The number of nitrogens with zero attached hydrogens (tertiary/aromatic N) is 2. The van der Waals surface area contributed by atoms with Gasteiger partial charge in [-0.1, -0.05) is 42.5 Å². The zero-order chi connectivity index (χ0) is 18.3. The van der Waals surface area contributed by atoms with Gasteiger partial charge in [0, 0.05) is 25.2 Å². The summed E-state index contributed by atoms with van der Waals surface area (Å²) >= 11 is 0. The molecule has 0 aliphatic heterocycles. The summed E-state index contributed by atoms with van der Waals surface area (Å²) in [6.45, 7) is -0.0442. The van der Waals surface area contributed by atoms with E-state index >= 15 is 0 Å². The molecule has 128 valence electrons. The summed E-state index contributed by atoms with van der Waals surface area (Å²) in [6.07, 6.45) is -3.22. The predicted molar refractivity (Wildman–Crippen MR) is 92.3 cm³/mol. The van der Waals surface area contributed by atoms with Gasteiger partial charge in [0.05, 0.1) is 11.6 Å². The first kappa shape index (κ1) is 18.3. The molecule has 0 spiro atoms. The lowest BCUT2D eigenvalue weighted by atomic mass is 9.99. The molecule has 0 bridgehead atoms. The molecule has 0 fully saturated rings. The first-order valence-electron chi connectivity index (χ1n) is 7.49. The van der Waals surface area contributed by atoms with Gasteiger partial charge < -0.3 is 5.32 Å². The topological polar surface area (TPSA) is 48.2 Å². The van der Waals surface area contributed by atoms with Crippen molar-refractivity contribution in [3.8, 4) is 17.2 Å². The Morgan fingerprint density at radius 3 is 2.48 bits per heavy atom. The lowest BCUT2D eigenvalue weighted by Crippen LogP contribution is -2.25. The van der Waals surface area contributed by atoms with Crippen LogP contribution in [-0.2, 0) is 0 Å². The molecule has 2 aromatic carbocycles. The predicted octanol–water partition coefficient (Wildman–Crippen LogP) is 4.31. The number of nitrogens with one attached hydrogen (secondary N) is 1. The van der Waals surface area contributed by atoms with Crippen molar-refractivity contribution < 1.29 is 13.2 Å². The van der Waals surface area contributed by atoms with Crippen molar-refractivity contribution in [1.82, 2.24) is 5.32 Å². The highest BCUT2D eigenvalue weighted by Crippen LogP contribution is 2.22. The summed E-state index contributed by atoms with van der Waals surface area (Å²) < 4.78 is 36.4. The Morgan fingerprint density at radius 2 is 1.88 bits per heavy atom. The van der Waals surface area contributed by atoms with E-state index in [1.165, 1.54) is 7.05 Å². The van der Waals surface area contributed by atoms with Gasteiger partial charge in [0.1, 0.15) is 5.84 Å². The summed E-state index contributed by atoms with van der Waals surface area (Å²) in [6, 6.07) is 17.0. The van der Waals surface area contributed by atoms with E-state index in [4.69, 9.17) is 0 Å². The van der Waals surface area contributed by atoms with Gasteiger partial charge in [-0.2, -0.15) is 18.4 Å². The molecule has 0 radical (unpaired) electrons. The minimum Gasteiger partial charge on any atom is -0.366 e. The third-order valence-corrected chi connectivity index (χ3v) is 3.42. The smallest absolute Gasteiger partial charge is 0.366 e. The Bertz CT molecular complexity index is 816. The van der Waals surface area contributed by atoms with Gasteiger partial charge in [-0.25, -0.2) is 0 Å². The monoisotopic (exact) mass is 343 g/mol. The molecule has 3 nitrogen and oxygen atoms in total. The number of allylic oxidation sites excluding steroid dienone is 1. The van der Waals surface area contributed by atoms with Gasteiger partial charge in [0.2, 0.25) is 0 Å². The fraction of sp³-hybridized carbons (Fsp3) is 0.158. The van der Waals surface area contributed by atoms with Crippen molar-refractivity contribution in [2.24, 2.45) is 4.99 Å². The Morgan fingerprint density at radius 1 is 1.16 bits per heavy atom. The van der Waals surface area contributed by atoms with Gasteiger partial charge >= 0.3 is 6.18 Å². The van der Waals surface area contributed by atoms with Crippen LogP contribution in [0.25, 0.3) is 11.1 Å². The summed E-state index contributed by atoms with van der Waals surface area (Å²) in [7, 11) is 1.52.